The molecule has 4 nitrogen and oxygen atoms in total. The molecule has 1 aromatic heterocycles. The second kappa shape index (κ2) is 5.85. The van der Waals surface area contributed by atoms with E-state index in [9.17, 15) is 4.79 Å². The number of rotatable bonds is 2. The summed E-state index contributed by atoms with van der Waals surface area (Å²) in [5.74, 6) is 0.126. The van der Waals surface area contributed by atoms with Gasteiger partial charge in [-0.15, -0.1) is 0 Å². The summed E-state index contributed by atoms with van der Waals surface area (Å²) in [4.78, 5) is 22.3. The van der Waals surface area contributed by atoms with Crippen LogP contribution in [0.1, 0.15) is 12.0 Å². The van der Waals surface area contributed by atoms with Crippen LogP contribution >= 0.6 is 0 Å². The monoisotopic (exact) mass is 339 g/mol. The number of anilines is 1. The molecule has 2 aliphatic rings. The van der Waals surface area contributed by atoms with Gasteiger partial charge in [0.2, 0.25) is 5.91 Å². The maximum Gasteiger partial charge on any atom is 0.235 e. The van der Waals surface area contributed by atoms with Crippen molar-refractivity contribution in [3.05, 3.63) is 84.2 Å². The molecular weight excluding hydrogens is 322 g/mol. The highest BCUT2D eigenvalue weighted by Gasteiger charge is 2.30. The molecule has 0 saturated heterocycles. The lowest BCUT2D eigenvalue weighted by Crippen LogP contribution is -2.27. The van der Waals surface area contributed by atoms with Gasteiger partial charge in [0.1, 0.15) is 0 Å². The molecule has 3 aromatic rings. The molecule has 0 radical (unpaired) electrons. The van der Waals surface area contributed by atoms with Crippen LogP contribution in [0.15, 0.2) is 83.6 Å². The van der Waals surface area contributed by atoms with Crippen molar-refractivity contribution in [2.24, 2.45) is 4.99 Å². The lowest BCUT2D eigenvalue weighted by Gasteiger charge is -2.23. The van der Waals surface area contributed by atoms with Crippen LogP contribution < -0.4 is 4.90 Å². The smallest absolute Gasteiger partial charge is 0.235 e. The largest absolute Gasteiger partial charge is 0.361 e. The molecule has 0 saturated carbocycles. The molecule has 0 atom stereocenters. The third-order valence-corrected chi connectivity index (χ3v) is 4.86. The Kier molecular flexibility index (Phi) is 3.35. The Bertz CT molecular complexity index is 1120. The minimum absolute atomic E-state index is 0.126. The van der Waals surface area contributed by atoms with Crippen LogP contribution in [0.3, 0.4) is 0 Å². The summed E-state index contributed by atoms with van der Waals surface area (Å²) in [5.41, 5.74) is 6.04. The highest BCUT2D eigenvalue weighted by atomic mass is 16.2. The average Bonchev–Trinajstić information content (AvgIpc) is 3.24. The first-order chi connectivity index (χ1) is 12.8. The fourth-order valence-corrected chi connectivity index (χ4v) is 3.65. The Morgan fingerprint density at radius 3 is 2.92 bits per heavy atom. The number of carbonyl (C=O) groups excluding carboxylic acids is 1. The van der Waals surface area contributed by atoms with E-state index in [1.807, 2.05) is 71.8 Å². The molecule has 0 bridgehead atoms. The van der Waals surface area contributed by atoms with Crippen LogP contribution in [-0.2, 0) is 11.2 Å². The number of amides is 1. The number of nitrogens with zero attached hydrogens (tertiary/aromatic N) is 2. The number of carbonyl (C=O) groups is 1. The van der Waals surface area contributed by atoms with Gasteiger partial charge < -0.3 is 4.98 Å². The van der Waals surface area contributed by atoms with Crippen molar-refractivity contribution >= 4 is 33.9 Å². The Balaban J connectivity index is 1.46. The number of aliphatic imine (C=N–C) groups is 1. The lowest BCUT2D eigenvalue weighted by molar-refractivity contribution is -0.116. The fourth-order valence-electron chi connectivity index (χ4n) is 3.65. The van der Waals surface area contributed by atoms with Crippen molar-refractivity contribution in [2.45, 2.75) is 12.8 Å². The highest BCUT2D eigenvalue weighted by molar-refractivity contribution is 6.07. The van der Waals surface area contributed by atoms with Gasteiger partial charge in [-0.3, -0.25) is 14.7 Å². The molecule has 0 spiro atoms. The number of allylic oxidation sites excluding steroid dienone is 4. The first kappa shape index (κ1) is 14.9. The number of hydrogen-bond acceptors (Lipinski definition) is 2. The van der Waals surface area contributed by atoms with Crippen molar-refractivity contribution in [1.82, 2.24) is 4.98 Å². The average molecular weight is 339 g/mol. The molecule has 5 rings (SSSR count). The van der Waals surface area contributed by atoms with Gasteiger partial charge in [-0.05, 0) is 48.0 Å². The maximum absolute atomic E-state index is 12.5. The molecular formula is C22H17N3O. The topological polar surface area (TPSA) is 48.5 Å². The lowest BCUT2D eigenvalue weighted by atomic mass is 10.1. The van der Waals surface area contributed by atoms with Gasteiger partial charge in [-0.1, -0.05) is 24.3 Å². The maximum atomic E-state index is 12.5. The van der Waals surface area contributed by atoms with Crippen LogP contribution in [-0.4, -0.2) is 16.6 Å². The van der Waals surface area contributed by atoms with Crippen LogP contribution in [0, 0.1) is 0 Å². The quantitative estimate of drug-likeness (QED) is 0.724. The Morgan fingerprint density at radius 2 is 1.96 bits per heavy atom. The van der Waals surface area contributed by atoms with Gasteiger partial charge in [0.25, 0.3) is 0 Å². The molecule has 2 aromatic carbocycles. The number of fused-ring (bicyclic) bond motifs is 2. The molecule has 1 aliphatic carbocycles. The summed E-state index contributed by atoms with van der Waals surface area (Å²) in [6.07, 6.45) is 9.03. The second-order valence-electron chi connectivity index (χ2n) is 6.58. The van der Waals surface area contributed by atoms with Crippen molar-refractivity contribution in [1.29, 1.82) is 0 Å². The van der Waals surface area contributed by atoms with E-state index < -0.39 is 0 Å². The highest BCUT2D eigenvalue weighted by Crippen LogP contribution is 2.34. The summed E-state index contributed by atoms with van der Waals surface area (Å²) >= 11 is 0. The second-order valence-corrected chi connectivity index (χ2v) is 6.58. The van der Waals surface area contributed by atoms with Crippen LogP contribution in [0.4, 0.5) is 11.4 Å². The minimum Gasteiger partial charge on any atom is -0.361 e. The zero-order valence-electron chi connectivity index (χ0n) is 14.1. The molecule has 0 fully saturated rings. The molecule has 1 N–H and O–H groups in total. The van der Waals surface area contributed by atoms with E-state index in [4.69, 9.17) is 4.99 Å². The van der Waals surface area contributed by atoms with Crippen molar-refractivity contribution in [3.8, 4) is 0 Å². The zero-order valence-corrected chi connectivity index (χ0v) is 14.1. The fraction of sp³-hybridized carbons (Fsp3) is 0.0909. The third kappa shape index (κ3) is 2.47. The number of aromatic nitrogens is 1. The van der Waals surface area contributed by atoms with E-state index in [1.54, 1.807) is 0 Å². The van der Waals surface area contributed by atoms with Crippen LogP contribution in [0.5, 0.6) is 0 Å². The number of benzene rings is 2. The predicted octanol–water partition coefficient (Wildman–Crippen LogP) is 4.67. The molecule has 1 amide bonds. The number of hydrogen-bond donors (Lipinski definition) is 1. The summed E-state index contributed by atoms with van der Waals surface area (Å²) in [5, 5.41) is 1.14. The third-order valence-electron chi connectivity index (χ3n) is 4.86. The molecule has 26 heavy (non-hydrogen) atoms. The SMILES string of the molecule is O=C1Cc2ccccc2N1C1=CC=CC(=Nc2ccc3[nH]ccc3c2)C1. The Hall–Kier alpha value is -3.40. The molecule has 126 valence electrons. The molecule has 2 heterocycles. The van der Waals surface area contributed by atoms with Crippen LogP contribution in [0.25, 0.3) is 10.9 Å². The summed E-state index contributed by atoms with van der Waals surface area (Å²) in [7, 11) is 0. The summed E-state index contributed by atoms with van der Waals surface area (Å²) in [6.45, 7) is 0. The first-order valence-corrected chi connectivity index (χ1v) is 8.71. The van der Waals surface area contributed by atoms with E-state index in [1.165, 1.54) is 0 Å². The van der Waals surface area contributed by atoms with E-state index in [0.717, 1.165) is 39.2 Å². The molecule has 1 aliphatic heterocycles. The summed E-state index contributed by atoms with van der Waals surface area (Å²) < 4.78 is 0. The van der Waals surface area contributed by atoms with Gasteiger partial charge in [-0.2, -0.15) is 0 Å². The predicted molar refractivity (Wildman–Crippen MR) is 105 cm³/mol. The number of nitrogens with one attached hydrogen (secondary N) is 1. The van der Waals surface area contributed by atoms with Crippen molar-refractivity contribution in [3.63, 3.8) is 0 Å². The van der Waals surface area contributed by atoms with E-state index >= 15 is 0 Å². The first-order valence-electron chi connectivity index (χ1n) is 8.71. The van der Waals surface area contributed by atoms with E-state index in [2.05, 4.69) is 11.1 Å². The van der Waals surface area contributed by atoms with Gasteiger partial charge >= 0.3 is 0 Å². The van der Waals surface area contributed by atoms with Gasteiger partial charge in [0.05, 0.1) is 17.8 Å². The minimum atomic E-state index is 0.126. The normalized spacial score (nSPS) is 17.8. The van der Waals surface area contributed by atoms with E-state index in [0.29, 0.717) is 12.8 Å². The Labute approximate surface area is 151 Å². The van der Waals surface area contributed by atoms with Gasteiger partial charge in [0, 0.05) is 34.9 Å². The van der Waals surface area contributed by atoms with Gasteiger partial charge in [-0.25, -0.2) is 0 Å². The summed E-state index contributed by atoms with van der Waals surface area (Å²) in [6, 6.07) is 16.2. The van der Waals surface area contributed by atoms with E-state index in [-0.39, 0.29) is 5.91 Å². The standard InChI is InChI=1S/C22H17N3O/c26-22-13-16-4-1-2-7-21(16)25(22)19-6-3-5-17(14-19)24-18-8-9-20-15(12-18)10-11-23-20/h1-12,23H,13-14H2. The van der Waals surface area contributed by atoms with Gasteiger partial charge in [0.15, 0.2) is 0 Å². The van der Waals surface area contributed by atoms with Crippen molar-refractivity contribution in [2.75, 3.05) is 4.90 Å². The number of H-pyrrole nitrogens is 1. The Morgan fingerprint density at radius 1 is 1.04 bits per heavy atom. The number of para-hydroxylation sites is 1. The van der Waals surface area contributed by atoms with Crippen molar-refractivity contribution < 1.29 is 4.79 Å². The number of aromatic amines is 1. The zero-order chi connectivity index (χ0) is 17.5. The van der Waals surface area contributed by atoms with Crippen LogP contribution in [0.2, 0.25) is 0 Å². The molecule has 4 heteroatoms. The molecule has 0 unspecified atom stereocenters.